The van der Waals surface area contributed by atoms with Gasteiger partial charge in [0.25, 0.3) is 0 Å². The molecule has 1 aromatic rings. The number of nitrogens with zero attached hydrogens (tertiary/aromatic N) is 1. The molecule has 1 saturated heterocycles. The molecule has 11 nitrogen and oxygen atoms in total. The Morgan fingerprint density at radius 2 is 1.45 bits per heavy atom. The minimum Gasteiger partial charge on any atom is -0.458 e. The van der Waals surface area contributed by atoms with Gasteiger partial charge in [-0.1, -0.05) is 102 Å². The molecule has 348 valence electrons. The molecule has 5 aliphatic carbocycles. The van der Waals surface area contributed by atoms with Crippen LogP contribution in [0.1, 0.15) is 140 Å². The van der Waals surface area contributed by atoms with Gasteiger partial charge in [0.1, 0.15) is 17.3 Å². The molecule has 7 rings (SSSR count). The third-order valence-corrected chi connectivity index (χ3v) is 17.0. The van der Waals surface area contributed by atoms with Crippen LogP contribution in [0.5, 0.6) is 0 Å². The van der Waals surface area contributed by atoms with Gasteiger partial charge < -0.3 is 38.6 Å². The number of allylic oxidation sites excluding steroid dienone is 2. The van der Waals surface area contributed by atoms with Gasteiger partial charge in [-0.25, -0.2) is 4.79 Å². The van der Waals surface area contributed by atoms with Gasteiger partial charge in [0, 0.05) is 88.9 Å². The van der Waals surface area contributed by atoms with Crippen LogP contribution >= 0.6 is 0 Å². The van der Waals surface area contributed by atoms with E-state index in [9.17, 15) is 19.8 Å². The van der Waals surface area contributed by atoms with E-state index >= 15 is 0 Å². The fourth-order valence-electron chi connectivity index (χ4n) is 14.7. The highest BCUT2D eigenvalue weighted by Crippen LogP contribution is 2.80. The first-order chi connectivity index (χ1) is 30.1. The lowest BCUT2D eigenvalue weighted by Gasteiger charge is -2.70. The van der Waals surface area contributed by atoms with Crippen molar-refractivity contribution in [2.24, 2.45) is 34.5 Å². The number of fused-ring (bicyclic) bond motifs is 2. The number of ether oxygens (including phenoxy) is 6. The van der Waals surface area contributed by atoms with Crippen molar-refractivity contribution in [2.75, 3.05) is 48.1 Å². The van der Waals surface area contributed by atoms with Gasteiger partial charge in [0.15, 0.2) is 0 Å². The summed E-state index contributed by atoms with van der Waals surface area (Å²) in [7, 11) is 6.72. The third kappa shape index (κ3) is 8.04. The van der Waals surface area contributed by atoms with E-state index in [1.54, 1.807) is 52.7 Å². The van der Waals surface area contributed by atoms with Crippen molar-refractivity contribution in [2.45, 2.75) is 177 Å². The van der Waals surface area contributed by atoms with E-state index in [-0.39, 0.29) is 43.1 Å². The van der Waals surface area contributed by atoms with Crippen LogP contribution in [0.4, 0.5) is 0 Å². The smallest absolute Gasteiger partial charge is 0.338 e. The normalized spacial score (nSPS) is 39.0. The molecule has 6 fully saturated rings. The number of esters is 2. The number of hydrogen-bond acceptors (Lipinski definition) is 11. The van der Waals surface area contributed by atoms with Crippen molar-refractivity contribution in [3.05, 3.63) is 48.0 Å². The minimum absolute atomic E-state index is 0.174. The number of carbonyl (C=O) groups excluding carboxylic acids is 2. The van der Waals surface area contributed by atoms with Crippen LogP contribution < -0.4 is 0 Å². The van der Waals surface area contributed by atoms with E-state index in [1.807, 2.05) is 6.07 Å². The number of methoxy groups -OCH3 is 4. The maximum absolute atomic E-state index is 14.6. The van der Waals surface area contributed by atoms with Crippen molar-refractivity contribution < 1.29 is 48.2 Å². The summed E-state index contributed by atoms with van der Waals surface area (Å²) in [6.07, 6.45) is 19.0. The SMILES string of the molecule is CCCCCCCCC/C=C\CCCCCCCC(=O)O[C@]12C[C@H](OC)[C@]3(O)C[C@H]([C@@H]1[C@H]3OC(=O)c1ccccc1)[C@@]13C(OC)C[C@@H](O)[C@@]4(COC)CN(CC)[C@@H]1[C@@H]2[C@H](OC)[C@H]43. The van der Waals surface area contributed by atoms with Gasteiger partial charge in [0.2, 0.25) is 0 Å². The molecule has 1 aliphatic heterocycles. The first kappa shape index (κ1) is 47.6. The summed E-state index contributed by atoms with van der Waals surface area (Å²) < 4.78 is 39.2. The first-order valence-corrected chi connectivity index (χ1v) is 24.4. The molecule has 62 heavy (non-hydrogen) atoms. The van der Waals surface area contributed by atoms with Gasteiger partial charge in [0.05, 0.1) is 36.6 Å². The van der Waals surface area contributed by atoms with Gasteiger partial charge in [-0.15, -0.1) is 0 Å². The summed E-state index contributed by atoms with van der Waals surface area (Å²) in [6, 6.07) is 8.69. The second-order valence-corrected chi connectivity index (χ2v) is 19.9. The number of piperidine rings is 1. The van der Waals surface area contributed by atoms with Crippen LogP contribution in [0.25, 0.3) is 0 Å². The lowest BCUT2D eigenvalue weighted by atomic mass is 9.42. The van der Waals surface area contributed by atoms with E-state index in [0.29, 0.717) is 38.1 Å². The number of likely N-dealkylation sites (tertiary alicyclic amines) is 1. The summed E-state index contributed by atoms with van der Waals surface area (Å²) in [5, 5.41) is 25.4. The van der Waals surface area contributed by atoms with Gasteiger partial charge >= 0.3 is 11.9 Å². The van der Waals surface area contributed by atoms with Gasteiger partial charge in [-0.2, -0.15) is 0 Å². The fraction of sp³-hybridized carbons (Fsp3) is 0.804. The average Bonchev–Trinajstić information content (AvgIpc) is 3.65. The summed E-state index contributed by atoms with van der Waals surface area (Å²) in [4.78, 5) is 31.1. The van der Waals surface area contributed by atoms with E-state index < -0.39 is 70.4 Å². The fourth-order valence-corrected chi connectivity index (χ4v) is 14.7. The van der Waals surface area contributed by atoms with Crippen LogP contribution in [-0.2, 0) is 33.2 Å². The molecule has 11 heteroatoms. The topological polar surface area (TPSA) is 133 Å². The highest BCUT2D eigenvalue weighted by atomic mass is 16.6. The molecular formula is C51H79NO10. The van der Waals surface area contributed by atoms with Crippen molar-refractivity contribution >= 4 is 11.9 Å². The minimum atomic E-state index is -1.57. The van der Waals surface area contributed by atoms with E-state index in [1.165, 1.54) is 51.4 Å². The monoisotopic (exact) mass is 866 g/mol. The van der Waals surface area contributed by atoms with Crippen molar-refractivity contribution in [3.8, 4) is 0 Å². The quantitative estimate of drug-likeness (QED) is 0.0562. The van der Waals surface area contributed by atoms with E-state index in [4.69, 9.17) is 28.4 Å². The van der Waals surface area contributed by atoms with Gasteiger partial charge in [-0.3, -0.25) is 9.69 Å². The van der Waals surface area contributed by atoms with E-state index in [2.05, 4.69) is 30.9 Å². The largest absolute Gasteiger partial charge is 0.458 e. The first-order valence-electron chi connectivity index (χ1n) is 24.4. The molecule has 7 bridgehead atoms. The molecular weight excluding hydrogens is 787 g/mol. The second-order valence-electron chi connectivity index (χ2n) is 19.9. The molecule has 1 unspecified atom stereocenters. The third-order valence-electron chi connectivity index (χ3n) is 17.0. The molecule has 5 saturated carbocycles. The van der Waals surface area contributed by atoms with Crippen LogP contribution in [0.2, 0.25) is 0 Å². The lowest BCUT2D eigenvalue weighted by Crippen LogP contribution is -2.79. The maximum atomic E-state index is 14.6. The summed E-state index contributed by atoms with van der Waals surface area (Å²) in [6.45, 7) is 5.98. The zero-order chi connectivity index (χ0) is 44.1. The Balaban J connectivity index is 1.14. The summed E-state index contributed by atoms with van der Waals surface area (Å²) in [5.41, 5.74) is -3.80. The number of carbonyl (C=O) groups is 2. The molecule has 14 atom stereocenters. The highest BCUT2D eigenvalue weighted by Gasteiger charge is 2.90. The number of unbranched alkanes of at least 4 members (excludes halogenated alkanes) is 12. The van der Waals surface area contributed by atoms with Crippen LogP contribution in [0, 0.1) is 34.5 Å². The van der Waals surface area contributed by atoms with Crippen LogP contribution in [0.15, 0.2) is 42.5 Å². The molecule has 1 aromatic carbocycles. The molecule has 0 aromatic heterocycles. The Morgan fingerprint density at radius 3 is 2.06 bits per heavy atom. The predicted octanol–water partition coefficient (Wildman–Crippen LogP) is 8.09. The summed E-state index contributed by atoms with van der Waals surface area (Å²) in [5.74, 6) is -2.41. The zero-order valence-electron chi connectivity index (χ0n) is 38.8. The Kier molecular flexibility index (Phi) is 15.7. The molecule has 1 spiro atoms. The Bertz CT molecular complexity index is 1660. The number of aliphatic hydroxyl groups is 2. The summed E-state index contributed by atoms with van der Waals surface area (Å²) >= 11 is 0. The van der Waals surface area contributed by atoms with Crippen LogP contribution in [-0.4, -0.2) is 123 Å². The Labute approximate surface area is 371 Å². The second kappa shape index (κ2) is 20.4. The lowest BCUT2D eigenvalue weighted by molar-refractivity contribution is -0.300. The van der Waals surface area contributed by atoms with Crippen molar-refractivity contribution in [1.29, 1.82) is 0 Å². The van der Waals surface area contributed by atoms with Crippen LogP contribution in [0.3, 0.4) is 0 Å². The molecule has 6 aliphatic rings. The Morgan fingerprint density at radius 1 is 0.806 bits per heavy atom. The highest BCUT2D eigenvalue weighted by molar-refractivity contribution is 5.89. The van der Waals surface area contributed by atoms with Gasteiger partial charge in [-0.05, 0) is 63.1 Å². The molecule has 1 heterocycles. The number of benzene rings is 1. The van der Waals surface area contributed by atoms with E-state index in [0.717, 1.165) is 32.1 Å². The number of aliphatic hydroxyl groups excluding tert-OH is 1. The maximum Gasteiger partial charge on any atom is 0.338 e. The molecule has 0 radical (unpaired) electrons. The van der Waals surface area contributed by atoms with Crippen molar-refractivity contribution in [1.82, 2.24) is 4.90 Å². The van der Waals surface area contributed by atoms with Crippen molar-refractivity contribution in [3.63, 3.8) is 0 Å². The zero-order valence-corrected chi connectivity index (χ0v) is 38.8. The predicted molar refractivity (Wildman–Crippen MR) is 237 cm³/mol. The number of rotatable bonds is 25. The standard InChI is InChI=1S/C51H79NO10/c1-7-9-10-11-12-13-14-15-16-17-18-19-20-21-22-26-29-40(54)62-50-32-39(59-5)49(56)31-36(41(50)46(49)61-47(55)35-27-24-23-25-28-35)51-38(58-4)30-37(53)48(34-57-3)33-52(8-2)45(51)42(50)43(60-6)44(48)51/h16-17,23-25,27-28,36-39,41-46,53,56H,7-15,18-22,26,29-34H2,1-6H3/b17-16-/t36-,37-,38?,39+,41-,42+,43+,44-,45-,46-,48+,49-,50-,51+/m1/s1. The number of hydrogen-bond donors (Lipinski definition) is 2. The molecule has 0 amide bonds. The molecule has 2 N–H and O–H groups in total. The average molecular weight is 866 g/mol. The Hall–Kier alpha value is -2.38.